The third-order valence-electron chi connectivity index (χ3n) is 3.09. The van der Waals surface area contributed by atoms with E-state index in [1.165, 1.54) is 18.2 Å². The number of benzene rings is 2. The van der Waals surface area contributed by atoms with Gasteiger partial charge >= 0.3 is 6.61 Å². The van der Waals surface area contributed by atoms with Gasteiger partial charge in [0.25, 0.3) is 5.91 Å². The van der Waals surface area contributed by atoms with Gasteiger partial charge in [-0.25, -0.2) is 0 Å². The molecule has 2 aromatic carbocycles. The lowest BCUT2D eigenvalue weighted by molar-refractivity contribution is -0.122. The van der Waals surface area contributed by atoms with Crippen molar-refractivity contribution in [2.75, 3.05) is 5.32 Å². The largest absolute Gasteiger partial charge is 0.479 e. The number of amides is 1. The van der Waals surface area contributed by atoms with Crippen molar-refractivity contribution in [2.45, 2.75) is 26.6 Å². The van der Waals surface area contributed by atoms with Crippen molar-refractivity contribution in [1.82, 2.24) is 0 Å². The van der Waals surface area contributed by atoms with Crippen LogP contribution in [0.15, 0.2) is 42.5 Å². The van der Waals surface area contributed by atoms with Crippen LogP contribution in [0.4, 0.5) is 14.5 Å². The molecule has 0 aliphatic carbocycles. The number of carbonyl (C=O) groups is 1. The number of alkyl halides is 2. The van der Waals surface area contributed by atoms with Gasteiger partial charge in [-0.3, -0.25) is 4.79 Å². The second-order valence-electron chi connectivity index (χ2n) is 5.09. The van der Waals surface area contributed by atoms with Crippen molar-refractivity contribution in [3.8, 4) is 11.5 Å². The predicted octanol–water partition coefficient (Wildman–Crippen LogP) is 4.66. The fraction of sp³-hybridized carbons (Fsp3) is 0.235. The Hall–Kier alpha value is -2.34. The first-order valence-electron chi connectivity index (χ1n) is 7.13. The molecule has 0 saturated carbocycles. The van der Waals surface area contributed by atoms with Crippen LogP contribution in [0.1, 0.15) is 12.5 Å². The zero-order valence-corrected chi connectivity index (χ0v) is 13.8. The smallest absolute Gasteiger partial charge is 0.387 e. The number of rotatable bonds is 6. The van der Waals surface area contributed by atoms with E-state index in [9.17, 15) is 13.6 Å². The lowest BCUT2D eigenvalue weighted by Gasteiger charge is -2.16. The van der Waals surface area contributed by atoms with Gasteiger partial charge in [0.15, 0.2) is 6.10 Å². The summed E-state index contributed by atoms with van der Waals surface area (Å²) in [7, 11) is 0. The summed E-state index contributed by atoms with van der Waals surface area (Å²) >= 11 is 6.03. The molecule has 0 fully saturated rings. The van der Waals surface area contributed by atoms with Gasteiger partial charge in [-0.2, -0.15) is 8.78 Å². The highest BCUT2D eigenvalue weighted by molar-refractivity contribution is 6.32. The summed E-state index contributed by atoms with van der Waals surface area (Å²) in [4.78, 5) is 12.2. The van der Waals surface area contributed by atoms with Crippen molar-refractivity contribution in [2.24, 2.45) is 0 Å². The zero-order chi connectivity index (χ0) is 17.7. The van der Waals surface area contributed by atoms with Crippen molar-refractivity contribution in [3.63, 3.8) is 0 Å². The average molecular weight is 356 g/mol. The van der Waals surface area contributed by atoms with Gasteiger partial charge in [-0.15, -0.1) is 0 Å². The second-order valence-corrected chi connectivity index (χ2v) is 5.50. The Morgan fingerprint density at radius 3 is 2.62 bits per heavy atom. The summed E-state index contributed by atoms with van der Waals surface area (Å²) < 4.78 is 34.3. The molecule has 2 aromatic rings. The van der Waals surface area contributed by atoms with E-state index in [-0.39, 0.29) is 5.75 Å². The minimum Gasteiger partial charge on any atom is -0.479 e. The molecule has 2 rings (SSSR count). The van der Waals surface area contributed by atoms with Crippen LogP contribution >= 0.6 is 11.6 Å². The van der Waals surface area contributed by atoms with E-state index in [4.69, 9.17) is 16.3 Å². The van der Waals surface area contributed by atoms with Gasteiger partial charge in [0.2, 0.25) is 0 Å². The van der Waals surface area contributed by atoms with Gasteiger partial charge in [0.1, 0.15) is 11.5 Å². The van der Waals surface area contributed by atoms with Crippen LogP contribution in [0, 0.1) is 6.92 Å². The van der Waals surface area contributed by atoms with E-state index in [1.807, 2.05) is 13.0 Å². The minimum absolute atomic E-state index is 0.0434. The Kier molecular flexibility index (Phi) is 5.98. The molecule has 0 aliphatic rings. The predicted molar refractivity (Wildman–Crippen MR) is 88.0 cm³/mol. The highest BCUT2D eigenvalue weighted by Crippen LogP contribution is 2.26. The molecular weight excluding hydrogens is 340 g/mol. The highest BCUT2D eigenvalue weighted by atomic mass is 35.5. The van der Waals surface area contributed by atoms with Gasteiger partial charge in [0.05, 0.1) is 5.02 Å². The van der Waals surface area contributed by atoms with Gasteiger partial charge in [-0.05, 0) is 43.7 Å². The standard InChI is InChI=1S/C17H16ClF2NO3/c1-10-6-7-14(18)15(8-10)23-11(2)16(22)21-12-4-3-5-13(9-12)24-17(19)20/h3-9,11,17H,1-2H3,(H,21,22). The first kappa shape index (κ1) is 18.0. The quantitative estimate of drug-likeness (QED) is 0.820. The number of hydrogen-bond acceptors (Lipinski definition) is 3. The topological polar surface area (TPSA) is 47.6 Å². The molecule has 1 unspecified atom stereocenters. The second kappa shape index (κ2) is 7.97. The Morgan fingerprint density at radius 1 is 1.17 bits per heavy atom. The summed E-state index contributed by atoms with van der Waals surface area (Å²) in [5.41, 5.74) is 1.27. The van der Waals surface area contributed by atoms with Crippen LogP contribution in [0.5, 0.6) is 11.5 Å². The molecule has 0 aromatic heterocycles. The number of carbonyl (C=O) groups excluding carboxylic acids is 1. The molecule has 0 saturated heterocycles. The Bertz CT molecular complexity index is 725. The molecule has 0 radical (unpaired) electrons. The van der Waals surface area contributed by atoms with E-state index in [0.29, 0.717) is 16.5 Å². The molecule has 1 N–H and O–H groups in total. The molecule has 0 bridgehead atoms. The van der Waals surface area contributed by atoms with Crippen LogP contribution in [0.2, 0.25) is 5.02 Å². The lowest BCUT2D eigenvalue weighted by Crippen LogP contribution is -2.30. The maximum Gasteiger partial charge on any atom is 0.387 e. The van der Waals surface area contributed by atoms with Crippen LogP contribution in [-0.4, -0.2) is 18.6 Å². The van der Waals surface area contributed by atoms with E-state index in [0.717, 1.165) is 5.56 Å². The summed E-state index contributed by atoms with van der Waals surface area (Å²) in [5.74, 6) is -0.0889. The Labute approximate surface area is 143 Å². The van der Waals surface area contributed by atoms with E-state index in [2.05, 4.69) is 10.1 Å². The molecule has 128 valence electrons. The van der Waals surface area contributed by atoms with E-state index >= 15 is 0 Å². The van der Waals surface area contributed by atoms with Crippen LogP contribution < -0.4 is 14.8 Å². The molecule has 0 aliphatic heterocycles. The van der Waals surface area contributed by atoms with E-state index in [1.54, 1.807) is 25.1 Å². The summed E-state index contributed by atoms with van der Waals surface area (Å²) in [5, 5.41) is 2.97. The molecule has 24 heavy (non-hydrogen) atoms. The SMILES string of the molecule is Cc1ccc(Cl)c(OC(C)C(=O)Nc2cccc(OC(F)F)c2)c1. The van der Waals surface area contributed by atoms with Gasteiger partial charge < -0.3 is 14.8 Å². The maximum absolute atomic E-state index is 12.2. The zero-order valence-electron chi connectivity index (χ0n) is 13.1. The Morgan fingerprint density at radius 2 is 1.92 bits per heavy atom. The molecule has 4 nitrogen and oxygen atoms in total. The fourth-order valence-corrected chi connectivity index (χ4v) is 2.10. The number of nitrogens with one attached hydrogen (secondary N) is 1. The molecule has 0 heterocycles. The molecule has 0 spiro atoms. The van der Waals surface area contributed by atoms with Crippen LogP contribution in [0.3, 0.4) is 0 Å². The summed E-state index contributed by atoms with van der Waals surface area (Å²) in [6, 6.07) is 11.0. The third-order valence-corrected chi connectivity index (χ3v) is 3.40. The average Bonchev–Trinajstić information content (AvgIpc) is 2.50. The summed E-state index contributed by atoms with van der Waals surface area (Å²) in [6.45, 7) is 0.511. The minimum atomic E-state index is -2.93. The van der Waals surface area contributed by atoms with Crippen molar-refractivity contribution < 1.29 is 23.0 Å². The summed E-state index contributed by atoms with van der Waals surface area (Å²) in [6.07, 6.45) is -0.830. The highest BCUT2D eigenvalue weighted by Gasteiger charge is 2.17. The molecule has 1 amide bonds. The van der Waals surface area contributed by atoms with Gasteiger partial charge in [0, 0.05) is 11.8 Å². The number of halogens is 3. The molecule has 7 heteroatoms. The first-order valence-corrected chi connectivity index (χ1v) is 7.51. The van der Waals surface area contributed by atoms with Crippen molar-refractivity contribution in [3.05, 3.63) is 53.1 Å². The number of aryl methyl sites for hydroxylation is 1. The fourth-order valence-electron chi connectivity index (χ4n) is 1.94. The van der Waals surface area contributed by atoms with Crippen molar-refractivity contribution in [1.29, 1.82) is 0 Å². The Balaban J connectivity index is 2.02. The normalized spacial score (nSPS) is 11.9. The monoisotopic (exact) mass is 355 g/mol. The number of hydrogen-bond donors (Lipinski definition) is 1. The first-order chi connectivity index (χ1) is 11.3. The molecule has 1 atom stereocenters. The maximum atomic E-state index is 12.2. The van der Waals surface area contributed by atoms with E-state index < -0.39 is 18.6 Å². The number of ether oxygens (including phenoxy) is 2. The molecular formula is C17H16ClF2NO3. The van der Waals surface area contributed by atoms with Crippen molar-refractivity contribution >= 4 is 23.2 Å². The third kappa shape index (κ3) is 5.09. The lowest BCUT2D eigenvalue weighted by atomic mass is 10.2. The van der Waals surface area contributed by atoms with Crippen LogP contribution in [0.25, 0.3) is 0 Å². The van der Waals surface area contributed by atoms with Gasteiger partial charge in [-0.1, -0.05) is 23.7 Å². The van der Waals surface area contributed by atoms with Crippen LogP contribution in [-0.2, 0) is 4.79 Å². The number of anilines is 1.